The number of anilines is 2. The summed E-state index contributed by atoms with van der Waals surface area (Å²) >= 11 is 2.93. The van der Waals surface area contributed by atoms with E-state index in [4.69, 9.17) is 4.74 Å². The fraction of sp³-hybridized carbons (Fsp3) is 0.500. The molecule has 1 atom stereocenters. The lowest BCUT2D eigenvalue weighted by molar-refractivity contribution is -0.132. The number of hydrogen-bond donors (Lipinski definition) is 1. The third-order valence-electron chi connectivity index (χ3n) is 4.49. The second kappa shape index (κ2) is 9.23. The average Bonchev–Trinajstić information content (AvgIpc) is 3.14. The van der Waals surface area contributed by atoms with Crippen LogP contribution < -0.4 is 10.1 Å². The van der Waals surface area contributed by atoms with Crippen LogP contribution >= 0.6 is 23.1 Å². The molecular weight excluding hydrogens is 368 g/mol. The number of aromatic nitrogens is 2. The molecule has 2 aromatic rings. The zero-order chi connectivity index (χ0) is 18.4. The number of rotatable bonds is 7. The summed E-state index contributed by atoms with van der Waals surface area (Å²) in [6, 6.07) is 8.04. The number of nitrogens with one attached hydrogen (secondary N) is 1. The maximum Gasteiger partial charge on any atom is 0.233 e. The first-order valence-electron chi connectivity index (χ1n) is 8.86. The summed E-state index contributed by atoms with van der Waals surface area (Å²) in [4.78, 5) is 14.6. The van der Waals surface area contributed by atoms with Gasteiger partial charge in [0.2, 0.25) is 11.0 Å². The van der Waals surface area contributed by atoms with Gasteiger partial charge in [0.25, 0.3) is 0 Å². The van der Waals surface area contributed by atoms with Gasteiger partial charge in [-0.15, -0.1) is 10.2 Å². The van der Waals surface area contributed by atoms with Gasteiger partial charge in [-0.05, 0) is 49.9 Å². The van der Waals surface area contributed by atoms with Crippen LogP contribution in [0.2, 0.25) is 0 Å². The molecule has 6 nitrogen and oxygen atoms in total. The first-order valence-corrected chi connectivity index (χ1v) is 10.7. The Hall–Kier alpha value is -1.80. The van der Waals surface area contributed by atoms with Crippen molar-refractivity contribution in [2.75, 3.05) is 24.7 Å². The van der Waals surface area contributed by atoms with Crippen molar-refractivity contribution >= 4 is 39.8 Å². The SMILES string of the molecule is CC[C@@H]1CCCCN1C(=O)CSc1nnc(Nc2ccc(OC)cc2)s1. The topological polar surface area (TPSA) is 67.4 Å². The van der Waals surface area contributed by atoms with Crippen molar-refractivity contribution in [3.8, 4) is 5.75 Å². The summed E-state index contributed by atoms with van der Waals surface area (Å²) < 4.78 is 5.96. The molecule has 140 valence electrons. The van der Waals surface area contributed by atoms with E-state index in [1.165, 1.54) is 29.5 Å². The van der Waals surface area contributed by atoms with Crippen LogP contribution in [0.3, 0.4) is 0 Å². The maximum atomic E-state index is 12.5. The molecule has 1 aliphatic heterocycles. The lowest BCUT2D eigenvalue weighted by atomic mass is 10.0. The van der Waals surface area contributed by atoms with Crippen LogP contribution in [-0.4, -0.2) is 46.5 Å². The Kier molecular flexibility index (Phi) is 6.73. The second-order valence-electron chi connectivity index (χ2n) is 6.16. The van der Waals surface area contributed by atoms with E-state index in [1.807, 2.05) is 29.2 Å². The van der Waals surface area contributed by atoms with E-state index in [0.717, 1.165) is 46.7 Å². The van der Waals surface area contributed by atoms with Gasteiger partial charge in [0, 0.05) is 18.3 Å². The number of carbonyl (C=O) groups is 1. The van der Waals surface area contributed by atoms with Gasteiger partial charge < -0.3 is 15.0 Å². The molecule has 0 aliphatic carbocycles. The van der Waals surface area contributed by atoms with Gasteiger partial charge in [-0.25, -0.2) is 0 Å². The highest BCUT2D eigenvalue weighted by atomic mass is 32.2. The Morgan fingerprint density at radius 2 is 2.15 bits per heavy atom. The average molecular weight is 393 g/mol. The van der Waals surface area contributed by atoms with Gasteiger partial charge in [-0.2, -0.15) is 0 Å². The first-order chi connectivity index (χ1) is 12.7. The van der Waals surface area contributed by atoms with Gasteiger partial charge in [0.1, 0.15) is 5.75 Å². The minimum absolute atomic E-state index is 0.210. The summed E-state index contributed by atoms with van der Waals surface area (Å²) in [5.74, 6) is 1.44. The highest BCUT2D eigenvalue weighted by molar-refractivity contribution is 8.01. The van der Waals surface area contributed by atoms with Crippen molar-refractivity contribution in [2.24, 2.45) is 0 Å². The second-order valence-corrected chi connectivity index (χ2v) is 8.36. The summed E-state index contributed by atoms with van der Waals surface area (Å²) in [5.41, 5.74) is 0.925. The molecule has 1 N–H and O–H groups in total. The smallest absolute Gasteiger partial charge is 0.233 e. The van der Waals surface area contributed by atoms with Gasteiger partial charge in [0.15, 0.2) is 4.34 Å². The standard InChI is InChI=1S/C18H24N4O2S2/c1-3-14-6-4-5-11-22(14)16(23)12-25-18-21-20-17(26-18)19-13-7-9-15(24-2)10-8-13/h7-10,14H,3-6,11-12H2,1-2H3,(H,19,20)/t14-/m1/s1. The number of hydrogen-bond acceptors (Lipinski definition) is 7. The van der Waals surface area contributed by atoms with Crippen molar-refractivity contribution < 1.29 is 9.53 Å². The van der Waals surface area contributed by atoms with E-state index in [-0.39, 0.29) is 5.91 Å². The minimum Gasteiger partial charge on any atom is -0.497 e. The largest absolute Gasteiger partial charge is 0.497 e. The molecule has 0 spiro atoms. The third-order valence-corrected chi connectivity index (χ3v) is 6.44. The van der Waals surface area contributed by atoms with Crippen molar-refractivity contribution in [3.05, 3.63) is 24.3 Å². The van der Waals surface area contributed by atoms with E-state index < -0.39 is 0 Å². The zero-order valence-corrected chi connectivity index (χ0v) is 16.7. The predicted octanol–water partition coefficient (Wildman–Crippen LogP) is 4.17. The van der Waals surface area contributed by atoms with E-state index in [9.17, 15) is 4.79 Å². The number of likely N-dealkylation sites (tertiary alicyclic amines) is 1. The minimum atomic E-state index is 0.210. The van der Waals surface area contributed by atoms with E-state index >= 15 is 0 Å². The molecule has 26 heavy (non-hydrogen) atoms. The maximum absolute atomic E-state index is 12.5. The predicted molar refractivity (Wildman–Crippen MR) is 107 cm³/mol. The fourth-order valence-corrected chi connectivity index (χ4v) is 4.73. The van der Waals surface area contributed by atoms with Gasteiger partial charge in [-0.1, -0.05) is 30.0 Å². The lowest BCUT2D eigenvalue weighted by Gasteiger charge is -2.35. The molecule has 1 aromatic carbocycles. The van der Waals surface area contributed by atoms with Crippen molar-refractivity contribution in [2.45, 2.75) is 43.0 Å². The van der Waals surface area contributed by atoms with Crippen LogP contribution in [-0.2, 0) is 4.79 Å². The monoisotopic (exact) mass is 392 g/mol. The summed E-state index contributed by atoms with van der Waals surface area (Å²) in [5, 5.41) is 12.3. The van der Waals surface area contributed by atoms with Crippen molar-refractivity contribution in [3.63, 3.8) is 0 Å². The highest BCUT2D eigenvalue weighted by Crippen LogP contribution is 2.29. The summed E-state index contributed by atoms with van der Waals surface area (Å²) in [6.45, 7) is 3.05. The summed E-state index contributed by atoms with van der Waals surface area (Å²) in [7, 11) is 1.64. The molecular formula is C18H24N4O2S2. The normalized spacial score (nSPS) is 17.2. The Bertz CT molecular complexity index is 720. The molecule has 1 aliphatic rings. The Labute approximate surface area is 162 Å². The van der Waals surface area contributed by atoms with Crippen LogP contribution in [0.15, 0.2) is 28.6 Å². The van der Waals surface area contributed by atoms with Crippen LogP contribution in [0.25, 0.3) is 0 Å². The number of piperidine rings is 1. The molecule has 0 unspecified atom stereocenters. The number of benzene rings is 1. The number of thioether (sulfide) groups is 1. The van der Waals surface area contributed by atoms with Crippen LogP contribution in [0, 0.1) is 0 Å². The van der Waals surface area contributed by atoms with Crippen LogP contribution in [0.1, 0.15) is 32.6 Å². The Morgan fingerprint density at radius 1 is 1.35 bits per heavy atom. The number of ether oxygens (including phenoxy) is 1. The first kappa shape index (κ1) is 19.0. The van der Waals surface area contributed by atoms with E-state index in [1.54, 1.807) is 7.11 Å². The zero-order valence-electron chi connectivity index (χ0n) is 15.1. The van der Waals surface area contributed by atoms with Gasteiger partial charge in [-0.3, -0.25) is 4.79 Å². The molecule has 2 heterocycles. The quantitative estimate of drug-likeness (QED) is 0.713. The van der Waals surface area contributed by atoms with Crippen LogP contribution in [0.4, 0.5) is 10.8 Å². The molecule has 8 heteroatoms. The molecule has 0 saturated carbocycles. The molecule has 1 aromatic heterocycles. The Morgan fingerprint density at radius 3 is 2.88 bits per heavy atom. The number of carbonyl (C=O) groups excluding carboxylic acids is 1. The number of methoxy groups -OCH3 is 1. The van der Waals surface area contributed by atoms with E-state index in [2.05, 4.69) is 22.4 Å². The van der Waals surface area contributed by atoms with Crippen molar-refractivity contribution in [1.82, 2.24) is 15.1 Å². The Balaban J connectivity index is 1.52. The molecule has 1 amide bonds. The number of amides is 1. The molecule has 3 rings (SSSR count). The molecule has 1 fully saturated rings. The fourth-order valence-electron chi connectivity index (χ4n) is 3.08. The molecule has 1 saturated heterocycles. The van der Waals surface area contributed by atoms with Gasteiger partial charge in [0.05, 0.1) is 12.9 Å². The molecule has 0 bridgehead atoms. The van der Waals surface area contributed by atoms with Crippen molar-refractivity contribution in [1.29, 1.82) is 0 Å². The summed E-state index contributed by atoms with van der Waals surface area (Å²) in [6.07, 6.45) is 4.50. The number of nitrogens with zero attached hydrogens (tertiary/aromatic N) is 3. The molecule has 0 radical (unpaired) electrons. The van der Waals surface area contributed by atoms with Gasteiger partial charge >= 0.3 is 0 Å². The lowest BCUT2D eigenvalue weighted by Crippen LogP contribution is -2.44. The highest BCUT2D eigenvalue weighted by Gasteiger charge is 2.25. The van der Waals surface area contributed by atoms with E-state index in [0.29, 0.717) is 11.8 Å². The van der Waals surface area contributed by atoms with Crippen LogP contribution in [0.5, 0.6) is 5.75 Å². The third kappa shape index (κ3) is 4.88.